The van der Waals surface area contributed by atoms with Crippen LogP contribution < -0.4 is 0 Å². The summed E-state index contributed by atoms with van der Waals surface area (Å²) < 4.78 is 0. The zero-order valence-electron chi connectivity index (χ0n) is 10.4. The van der Waals surface area contributed by atoms with Gasteiger partial charge in [-0.3, -0.25) is 5.01 Å². The van der Waals surface area contributed by atoms with E-state index in [0.29, 0.717) is 0 Å². The topological polar surface area (TPSA) is 15.6 Å². The predicted molar refractivity (Wildman–Crippen MR) is 71.5 cm³/mol. The molecule has 0 spiro atoms. The molecular formula is C15H20N2. The third-order valence-corrected chi connectivity index (χ3v) is 3.83. The molecule has 1 aliphatic carbocycles. The van der Waals surface area contributed by atoms with Gasteiger partial charge in [-0.15, -0.1) is 0 Å². The maximum absolute atomic E-state index is 4.59. The number of benzene rings is 1. The Labute approximate surface area is 103 Å². The standard InChI is InChI=1S/C15H20N2/c1-2-9-17(10-3-1)16-12-13-7-8-14-5-4-6-15(14)11-13/h7-8,11-12H,1-6,9-10H2. The van der Waals surface area contributed by atoms with Gasteiger partial charge in [-0.25, -0.2) is 0 Å². The van der Waals surface area contributed by atoms with Gasteiger partial charge in [0.1, 0.15) is 0 Å². The van der Waals surface area contributed by atoms with Crippen LogP contribution in [0.2, 0.25) is 0 Å². The summed E-state index contributed by atoms with van der Waals surface area (Å²) in [6, 6.07) is 6.80. The number of hydrogen-bond acceptors (Lipinski definition) is 2. The van der Waals surface area contributed by atoms with E-state index in [1.165, 1.54) is 49.7 Å². The summed E-state index contributed by atoms with van der Waals surface area (Å²) >= 11 is 0. The van der Waals surface area contributed by atoms with Crippen molar-refractivity contribution in [1.82, 2.24) is 5.01 Å². The lowest BCUT2D eigenvalue weighted by atomic mass is 10.1. The van der Waals surface area contributed by atoms with Crippen LogP contribution >= 0.6 is 0 Å². The van der Waals surface area contributed by atoms with Crippen LogP contribution in [0.25, 0.3) is 0 Å². The highest BCUT2D eigenvalue weighted by atomic mass is 15.4. The van der Waals surface area contributed by atoms with Crippen molar-refractivity contribution >= 4 is 6.21 Å². The molecule has 2 nitrogen and oxygen atoms in total. The molecular weight excluding hydrogens is 208 g/mol. The molecule has 1 aromatic rings. The van der Waals surface area contributed by atoms with Crippen molar-refractivity contribution in [2.24, 2.45) is 5.10 Å². The van der Waals surface area contributed by atoms with Crippen LogP contribution in [0.15, 0.2) is 23.3 Å². The maximum atomic E-state index is 4.59. The molecule has 0 radical (unpaired) electrons. The van der Waals surface area contributed by atoms with Gasteiger partial charge in [0.2, 0.25) is 0 Å². The number of aryl methyl sites for hydroxylation is 2. The van der Waals surface area contributed by atoms with Crippen molar-refractivity contribution in [3.05, 3.63) is 34.9 Å². The zero-order chi connectivity index (χ0) is 11.5. The lowest BCUT2D eigenvalue weighted by Gasteiger charge is -2.23. The first kappa shape index (κ1) is 10.8. The Morgan fingerprint density at radius 3 is 2.65 bits per heavy atom. The van der Waals surface area contributed by atoms with Gasteiger partial charge in [-0.1, -0.05) is 12.1 Å². The normalized spacial score (nSPS) is 19.9. The lowest BCUT2D eigenvalue weighted by Crippen LogP contribution is -2.24. The number of hydrogen-bond donors (Lipinski definition) is 0. The quantitative estimate of drug-likeness (QED) is 0.710. The number of hydrazone groups is 1. The first-order valence-corrected chi connectivity index (χ1v) is 6.82. The second-order valence-electron chi connectivity index (χ2n) is 5.14. The molecule has 1 aliphatic heterocycles. The van der Waals surface area contributed by atoms with Gasteiger partial charge in [0.25, 0.3) is 0 Å². The van der Waals surface area contributed by atoms with Crippen LogP contribution in [0.4, 0.5) is 0 Å². The third kappa shape index (κ3) is 2.51. The summed E-state index contributed by atoms with van der Waals surface area (Å²) in [4.78, 5) is 0. The molecule has 90 valence electrons. The Morgan fingerprint density at radius 2 is 1.76 bits per heavy atom. The fraction of sp³-hybridized carbons (Fsp3) is 0.533. The highest BCUT2D eigenvalue weighted by Gasteiger charge is 2.10. The second kappa shape index (κ2) is 4.91. The monoisotopic (exact) mass is 228 g/mol. The van der Waals surface area contributed by atoms with Crippen molar-refractivity contribution in [2.45, 2.75) is 38.5 Å². The maximum Gasteiger partial charge on any atom is 0.0543 e. The summed E-state index contributed by atoms with van der Waals surface area (Å²) in [5.41, 5.74) is 4.34. The van der Waals surface area contributed by atoms with E-state index in [4.69, 9.17) is 0 Å². The molecule has 2 aliphatic rings. The molecule has 1 aromatic carbocycles. The van der Waals surface area contributed by atoms with Gasteiger partial charge >= 0.3 is 0 Å². The van der Waals surface area contributed by atoms with Crippen LogP contribution in [0.1, 0.15) is 42.4 Å². The van der Waals surface area contributed by atoms with Crippen molar-refractivity contribution in [3.63, 3.8) is 0 Å². The van der Waals surface area contributed by atoms with E-state index in [0.717, 1.165) is 13.1 Å². The fourth-order valence-electron chi connectivity index (χ4n) is 2.81. The highest BCUT2D eigenvalue weighted by molar-refractivity contribution is 5.80. The average molecular weight is 228 g/mol. The minimum absolute atomic E-state index is 1.13. The van der Waals surface area contributed by atoms with Crippen molar-refractivity contribution in [2.75, 3.05) is 13.1 Å². The Bertz CT molecular complexity index is 417. The zero-order valence-corrected chi connectivity index (χ0v) is 10.4. The molecule has 1 saturated heterocycles. The van der Waals surface area contributed by atoms with Gasteiger partial charge in [-0.05, 0) is 61.3 Å². The van der Waals surface area contributed by atoms with Crippen LogP contribution in [0.3, 0.4) is 0 Å². The van der Waals surface area contributed by atoms with Crippen LogP contribution in [0, 0.1) is 0 Å². The van der Waals surface area contributed by atoms with E-state index in [1.54, 1.807) is 5.56 Å². The molecule has 1 fully saturated rings. The van der Waals surface area contributed by atoms with Crippen LogP contribution in [0.5, 0.6) is 0 Å². The number of nitrogens with zero attached hydrogens (tertiary/aromatic N) is 2. The van der Waals surface area contributed by atoms with Gasteiger partial charge in [-0.2, -0.15) is 5.10 Å². The molecule has 0 amide bonds. The summed E-state index contributed by atoms with van der Waals surface area (Å²) in [7, 11) is 0. The average Bonchev–Trinajstić information content (AvgIpc) is 2.85. The van der Waals surface area contributed by atoms with Crippen LogP contribution in [-0.4, -0.2) is 24.3 Å². The van der Waals surface area contributed by atoms with Crippen molar-refractivity contribution in [3.8, 4) is 0 Å². The summed E-state index contributed by atoms with van der Waals surface area (Å²) in [6.45, 7) is 2.25. The van der Waals surface area contributed by atoms with Crippen LogP contribution in [-0.2, 0) is 12.8 Å². The number of piperidine rings is 1. The van der Waals surface area contributed by atoms with Gasteiger partial charge in [0, 0.05) is 13.1 Å². The molecule has 0 saturated carbocycles. The van der Waals surface area contributed by atoms with Gasteiger partial charge in [0.05, 0.1) is 6.21 Å². The Hall–Kier alpha value is -1.31. The minimum Gasteiger partial charge on any atom is -0.297 e. The van der Waals surface area contributed by atoms with Crippen molar-refractivity contribution < 1.29 is 0 Å². The largest absolute Gasteiger partial charge is 0.297 e. The number of fused-ring (bicyclic) bond motifs is 1. The molecule has 0 bridgehead atoms. The number of rotatable bonds is 2. The van der Waals surface area contributed by atoms with E-state index in [2.05, 4.69) is 28.3 Å². The fourth-order valence-corrected chi connectivity index (χ4v) is 2.81. The minimum atomic E-state index is 1.13. The van der Waals surface area contributed by atoms with Gasteiger partial charge in [0.15, 0.2) is 0 Å². The lowest BCUT2D eigenvalue weighted by molar-refractivity contribution is 0.240. The predicted octanol–water partition coefficient (Wildman–Crippen LogP) is 3.00. The Morgan fingerprint density at radius 1 is 0.941 bits per heavy atom. The molecule has 2 heteroatoms. The molecule has 3 rings (SSSR count). The van der Waals surface area contributed by atoms with E-state index in [1.807, 2.05) is 6.21 Å². The van der Waals surface area contributed by atoms with Gasteiger partial charge < -0.3 is 0 Å². The third-order valence-electron chi connectivity index (χ3n) is 3.83. The summed E-state index contributed by atoms with van der Waals surface area (Å²) in [5, 5.41) is 6.79. The Kier molecular flexibility index (Phi) is 3.12. The van der Waals surface area contributed by atoms with E-state index < -0.39 is 0 Å². The molecule has 0 aromatic heterocycles. The second-order valence-corrected chi connectivity index (χ2v) is 5.14. The first-order chi connectivity index (χ1) is 8.42. The molecule has 0 unspecified atom stereocenters. The van der Waals surface area contributed by atoms with Crippen molar-refractivity contribution in [1.29, 1.82) is 0 Å². The molecule has 0 atom stereocenters. The first-order valence-electron chi connectivity index (χ1n) is 6.82. The molecule has 17 heavy (non-hydrogen) atoms. The van der Waals surface area contributed by atoms with E-state index in [9.17, 15) is 0 Å². The van der Waals surface area contributed by atoms with E-state index in [-0.39, 0.29) is 0 Å². The molecule has 1 heterocycles. The molecule has 0 N–H and O–H groups in total. The Balaban J connectivity index is 1.69. The smallest absolute Gasteiger partial charge is 0.0543 e. The summed E-state index contributed by atoms with van der Waals surface area (Å²) in [5.74, 6) is 0. The summed E-state index contributed by atoms with van der Waals surface area (Å²) in [6.07, 6.45) is 9.82. The van der Waals surface area contributed by atoms with E-state index >= 15 is 0 Å². The SMILES string of the molecule is C(=NN1CCCCC1)c1ccc2c(c1)CCC2. The highest BCUT2D eigenvalue weighted by Crippen LogP contribution is 2.22.